The molecule has 0 aliphatic carbocycles. The van der Waals surface area contributed by atoms with Crippen LogP contribution in [0.25, 0.3) is 11.1 Å². The smallest absolute Gasteiger partial charge is 0.145 e. The Balaban J connectivity index is 1.50. The third-order valence-electron chi connectivity index (χ3n) is 6.38. The van der Waals surface area contributed by atoms with Crippen LogP contribution in [0.15, 0.2) is 78.9 Å². The summed E-state index contributed by atoms with van der Waals surface area (Å²) in [6, 6.07) is 17.7. The summed E-state index contributed by atoms with van der Waals surface area (Å²) in [4.78, 5) is 0. The van der Waals surface area contributed by atoms with Gasteiger partial charge in [-0.3, -0.25) is 0 Å². The predicted octanol–water partition coefficient (Wildman–Crippen LogP) is 9.87. The number of unbranched alkanes of at least 4 members (excludes halogenated alkanes) is 1. The summed E-state index contributed by atoms with van der Waals surface area (Å²) in [5.74, 6) is -0.413. The van der Waals surface area contributed by atoms with E-state index in [-0.39, 0.29) is 16.7 Å². The first-order valence-corrected chi connectivity index (χ1v) is 13.0. The monoisotopic (exact) mass is 492 g/mol. The highest BCUT2D eigenvalue weighted by atomic mass is 35.5. The Morgan fingerprint density at radius 2 is 1.23 bits per heavy atom. The normalized spacial score (nSPS) is 11.7. The minimum absolute atomic E-state index is 0.142. The third kappa shape index (κ3) is 7.90. The van der Waals surface area contributed by atoms with Gasteiger partial charge in [0.2, 0.25) is 0 Å². The molecule has 0 unspecified atom stereocenters. The van der Waals surface area contributed by atoms with E-state index in [2.05, 4.69) is 30.3 Å². The molecule has 0 N–H and O–H groups in total. The minimum Gasteiger partial charge on any atom is -0.207 e. The van der Waals surface area contributed by atoms with Crippen molar-refractivity contribution in [2.24, 2.45) is 0 Å². The number of aryl methyl sites for hydroxylation is 4. The van der Waals surface area contributed by atoms with Gasteiger partial charge in [-0.15, -0.1) is 0 Å². The van der Waals surface area contributed by atoms with Crippen molar-refractivity contribution in [1.82, 2.24) is 0 Å². The van der Waals surface area contributed by atoms with Gasteiger partial charge in [0.05, 0.1) is 5.02 Å². The maximum absolute atomic E-state index is 14.6. The Kier molecular flexibility index (Phi) is 10.8. The van der Waals surface area contributed by atoms with Crippen LogP contribution >= 0.6 is 11.6 Å². The number of allylic oxidation sites excluding steroid dienone is 4. The van der Waals surface area contributed by atoms with Crippen molar-refractivity contribution in [3.8, 4) is 11.1 Å². The summed E-state index contributed by atoms with van der Waals surface area (Å²) in [6.07, 6.45) is 14.8. The van der Waals surface area contributed by atoms with E-state index in [4.69, 9.17) is 11.6 Å². The Morgan fingerprint density at radius 1 is 0.657 bits per heavy atom. The Labute approximate surface area is 214 Å². The first-order valence-electron chi connectivity index (χ1n) is 12.6. The van der Waals surface area contributed by atoms with Crippen molar-refractivity contribution in [2.45, 2.75) is 65.2 Å². The van der Waals surface area contributed by atoms with Crippen LogP contribution in [0.3, 0.4) is 0 Å². The standard InChI is InChI=1S/C32H35ClF2/c1-3-5-7-12-26-19-22-29(23-30(26)34)25-17-15-24(16-18-25)11-9-10-13-27-20-21-28(14-8-6-4-2)32(35)31(27)33/h3-6,15-23H,7-14H2,1-2H3/b5-3+,6-4+. The number of rotatable bonds is 12. The lowest BCUT2D eigenvalue weighted by atomic mass is 9.98. The second kappa shape index (κ2) is 14.0. The lowest BCUT2D eigenvalue weighted by Crippen LogP contribution is -1.97. The third-order valence-corrected chi connectivity index (χ3v) is 6.78. The quantitative estimate of drug-likeness (QED) is 0.174. The van der Waals surface area contributed by atoms with E-state index >= 15 is 0 Å². The van der Waals surface area contributed by atoms with Gasteiger partial charge in [0, 0.05) is 0 Å². The zero-order valence-corrected chi connectivity index (χ0v) is 21.6. The highest BCUT2D eigenvalue weighted by Crippen LogP contribution is 2.27. The van der Waals surface area contributed by atoms with Gasteiger partial charge in [0.25, 0.3) is 0 Å². The van der Waals surface area contributed by atoms with Crippen LogP contribution in [0.4, 0.5) is 8.78 Å². The van der Waals surface area contributed by atoms with Gasteiger partial charge in [0.15, 0.2) is 0 Å². The predicted molar refractivity (Wildman–Crippen MR) is 146 cm³/mol. The van der Waals surface area contributed by atoms with Gasteiger partial charge in [0.1, 0.15) is 11.6 Å². The minimum atomic E-state index is -0.272. The summed E-state index contributed by atoms with van der Waals surface area (Å²) in [6.45, 7) is 3.94. The molecule has 0 bridgehead atoms. The molecule has 0 amide bonds. The zero-order chi connectivity index (χ0) is 25.0. The summed E-state index contributed by atoms with van der Waals surface area (Å²) < 4.78 is 29.0. The number of hydrogen-bond acceptors (Lipinski definition) is 0. The molecule has 0 radical (unpaired) electrons. The van der Waals surface area contributed by atoms with Gasteiger partial charge in [-0.2, -0.15) is 0 Å². The highest BCUT2D eigenvalue weighted by molar-refractivity contribution is 6.31. The molecule has 0 heterocycles. The Morgan fingerprint density at radius 3 is 1.89 bits per heavy atom. The summed E-state index contributed by atoms with van der Waals surface area (Å²) in [7, 11) is 0. The molecule has 0 saturated carbocycles. The van der Waals surface area contributed by atoms with Crippen LogP contribution in [0, 0.1) is 11.6 Å². The maximum Gasteiger partial charge on any atom is 0.145 e. The first-order chi connectivity index (χ1) is 17.0. The van der Waals surface area contributed by atoms with Crippen molar-refractivity contribution >= 4 is 11.6 Å². The second-order valence-corrected chi connectivity index (χ2v) is 9.32. The molecule has 0 aliphatic rings. The van der Waals surface area contributed by atoms with E-state index in [1.54, 1.807) is 6.07 Å². The molecular formula is C32H35ClF2. The summed E-state index contributed by atoms with van der Waals surface area (Å²) in [5.41, 5.74) is 5.48. The second-order valence-electron chi connectivity index (χ2n) is 8.94. The molecule has 184 valence electrons. The molecule has 3 aromatic carbocycles. The number of hydrogen-bond donors (Lipinski definition) is 0. The average Bonchev–Trinajstić information content (AvgIpc) is 2.87. The van der Waals surface area contributed by atoms with Crippen molar-refractivity contribution in [2.75, 3.05) is 0 Å². The molecule has 3 heteroatoms. The van der Waals surface area contributed by atoms with Crippen molar-refractivity contribution in [1.29, 1.82) is 0 Å². The fraction of sp³-hybridized carbons (Fsp3) is 0.312. The summed E-state index contributed by atoms with van der Waals surface area (Å²) in [5, 5.41) is 0.271. The molecule has 35 heavy (non-hydrogen) atoms. The van der Waals surface area contributed by atoms with Crippen LogP contribution < -0.4 is 0 Å². The average molecular weight is 493 g/mol. The van der Waals surface area contributed by atoms with E-state index in [0.29, 0.717) is 18.4 Å². The van der Waals surface area contributed by atoms with Gasteiger partial charge < -0.3 is 0 Å². The largest absolute Gasteiger partial charge is 0.207 e. The van der Waals surface area contributed by atoms with Crippen LogP contribution in [-0.2, 0) is 25.7 Å². The number of halogens is 3. The molecule has 0 nitrogen and oxygen atoms in total. The van der Waals surface area contributed by atoms with E-state index in [1.165, 1.54) is 5.56 Å². The fourth-order valence-electron chi connectivity index (χ4n) is 4.26. The summed E-state index contributed by atoms with van der Waals surface area (Å²) >= 11 is 6.31. The van der Waals surface area contributed by atoms with Gasteiger partial charge in [-0.1, -0.05) is 84.4 Å². The van der Waals surface area contributed by atoms with Crippen molar-refractivity contribution in [3.63, 3.8) is 0 Å². The molecule has 0 saturated heterocycles. The lowest BCUT2D eigenvalue weighted by Gasteiger charge is -2.10. The van der Waals surface area contributed by atoms with Crippen LogP contribution in [0.2, 0.25) is 5.02 Å². The Bertz CT molecular complexity index is 1140. The lowest BCUT2D eigenvalue weighted by molar-refractivity contribution is 0.606. The van der Waals surface area contributed by atoms with E-state index in [9.17, 15) is 8.78 Å². The van der Waals surface area contributed by atoms with E-state index in [1.807, 2.05) is 56.3 Å². The molecular weight excluding hydrogens is 458 g/mol. The molecule has 0 atom stereocenters. The van der Waals surface area contributed by atoms with Crippen LogP contribution in [0.1, 0.15) is 61.8 Å². The molecule has 0 aromatic heterocycles. The van der Waals surface area contributed by atoms with Crippen LogP contribution in [0.5, 0.6) is 0 Å². The van der Waals surface area contributed by atoms with Gasteiger partial charge in [-0.25, -0.2) is 8.78 Å². The molecule has 0 aliphatic heterocycles. The highest BCUT2D eigenvalue weighted by Gasteiger charge is 2.11. The fourth-order valence-corrected chi connectivity index (χ4v) is 4.54. The van der Waals surface area contributed by atoms with E-state index < -0.39 is 0 Å². The topological polar surface area (TPSA) is 0 Å². The Hall–Kier alpha value is -2.71. The number of benzene rings is 3. The zero-order valence-electron chi connectivity index (χ0n) is 20.8. The SMILES string of the molecule is C/C=C/CCc1ccc(-c2ccc(CCCCc3ccc(CC/C=C/C)c(F)c3Cl)cc2)cc1F. The van der Waals surface area contributed by atoms with Crippen molar-refractivity contribution < 1.29 is 8.78 Å². The molecule has 0 spiro atoms. The molecule has 3 aromatic rings. The molecule has 0 fully saturated rings. The van der Waals surface area contributed by atoms with E-state index in [0.717, 1.165) is 60.8 Å². The first kappa shape index (κ1) is 26.9. The van der Waals surface area contributed by atoms with Crippen LogP contribution in [-0.4, -0.2) is 0 Å². The maximum atomic E-state index is 14.6. The van der Waals surface area contributed by atoms with Crippen molar-refractivity contribution in [3.05, 3.63) is 118 Å². The molecule has 3 rings (SSSR count). The van der Waals surface area contributed by atoms with Gasteiger partial charge in [-0.05, 0) is 105 Å². The van der Waals surface area contributed by atoms with Gasteiger partial charge >= 0.3 is 0 Å².